The van der Waals surface area contributed by atoms with Gasteiger partial charge in [-0.05, 0) is 44.2 Å². The van der Waals surface area contributed by atoms with Gasteiger partial charge in [-0.3, -0.25) is 9.36 Å². The SMILES string of the molecule is CCOC(=O)C1=C(C)N=c2s/c(=C\c3ccc(OC)c(OC)c3OC)c(=O)n2C1c1ccco1. The monoisotopic (exact) mass is 484 g/mol. The van der Waals surface area contributed by atoms with E-state index in [4.69, 9.17) is 23.4 Å². The van der Waals surface area contributed by atoms with E-state index in [0.29, 0.717) is 43.6 Å². The van der Waals surface area contributed by atoms with Gasteiger partial charge in [0.1, 0.15) is 11.8 Å². The fourth-order valence-corrected chi connectivity index (χ4v) is 4.92. The number of nitrogens with zero attached hydrogens (tertiary/aromatic N) is 2. The minimum Gasteiger partial charge on any atom is -0.493 e. The smallest absolute Gasteiger partial charge is 0.338 e. The Morgan fingerprint density at radius 1 is 1.18 bits per heavy atom. The van der Waals surface area contributed by atoms with Gasteiger partial charge in [-0.15, -0.1) is 0 Å². The molecule has 1 aromatic carbocycles. The van der Waals surface area contributed by atoms with Crippen LogP contribution in [-0.4, -0.2) is 38.5 Å². The lowest BCUT2D eigenvalue weighted by Crippen LogP contribution is -2.39. The first-order chi connectivity index (χ1) is 16.4. The van der Waals surface area contributed by atoms with Crippen LogP contribution < -0.4 is 29.1 Å². The Hall–Kier alpha value is -3.79. The molecule has 10 heteroatoms. The Bertz CT molecular complexity index is 1430. The van der Waals surface area contributed by atoms with E-state index >= 15 is 0 Å². The number of fused-ring (bicyclic) bond motifs is 1. The van der Waals surface area contributed by atoms with Crippen molar-refractivity contribution in [2.75, 3.05) is 27.9 Å². The van der Waals surface area contributed by atoms with Crippen LogP contribution in [0.5, 0.6) is 17.2 Å². The Morgan fingerprint density at radius 2 is 1.94 bits per heavy atom. The molecule has 4 rings (SSSR count). The summed E-state index contributed by atoms with van der Waals surface area (Å²) in [7, 11) is 4.57. The number of hydrogen-bond donors (Lipinski definition) is 0. The Balaban J connectivity index is 1.95. The molecule has 9 nitrogen and oxygen atoms in total. The van der Waals surface area contributed by atoms with Crippen LogP contribution in [0.25, 0.3) is 6.08 Å². The molecular formula is C24H24N2O7S. The first kappa shape index (κ1) is 23.4. The summed E-state index contributed by atoms with van der Waals surface area (Å²) in [5.41, 5.74) is 1.04. The standard InChI is InChI=1S/C24H24N2O7S/c1-6-32-23(28)18-13(2)25-24-26(19(18)15-8-7-11-33-15)22(27)17(34-24)12-14-9-10-16(29-3)21(31-5)20(14)30-4/h7-12,19H,6H2,1-5H3/b17-12-. The number of esters is 1. The van der Waals surface area contributed by atoms with Crippen molar-refractivity contribution < 1.29 is 28.2 Å². The van der Waals surface area contributed by atoms with Crippen LogP contribution in [0.15, 0.2) is 56.0 Å². The van der Waals surface area contributed by atoms with Gasteiger partial charge in [0, 0.05) is 5.56 Å². The number of rotatable bonds is 7. The summed E-state index contributed by atoms with van der Waals surface area (Å²) in [4.78, 5) is 31.4. The lowest BCUT2D eigenvalue weighted by Gasteiger charge is -2.22. The number of carbonyl (C=O) groups excluding carboxylic acids is 1. The Kier molecular flexibility index (Phi) is 6.60. The van der Waals surface area contributed by atoms with Gasteiger partial charge >= 0.3 is 5.97 Å². The molecule has 2 aromatic heterocycles. The number of methoxy groups -OCH3 is 3. The number of hydrogen-bond acceptors (Lipinski definition) is 9. The molecule has 1 aliphatic rings. The van der Waals surface area contributed by atoms with E-state index in [1.165, 1.54) is 43.5 Å². The predicted octanol–water partition coefficient (Wildman–Crippen LogP) is 2.42. The molecule has 0 N–H and O–H groups in total. The third-order valence-corrected chi connectivity index (χ3v) is 6.33. The predicted molar refractivity (Wildman–Crippen MR) is 125 cm³/mol. The van der Waals surface area contributed by atoms with Crippen molar-refractivity contribution in [1.29, 1.82) is 0 Å². The number of carbonyl (C=O) groups is 1. The van der Waals surface area contributed by atoms with Crippen LogP contribution in [0.1, 0.15) is 31.2 Å². The summed E-state index contributed by atoms with van der Waals surface area (Å²) in [6.07, 6.45) is 3.20. The van der Waals surface area contributed by atoms with Gasteiger partial charge < -0.3 is 23.4 Å². The fourth-order valence-electron chi connectivity index (χ4n) is 3.89. The van der Waals surface area contributed by atoms with Gasteiger partial charge in [0.05, 0.1) is 50.0 Å². The van der Waals surface area contributed by atoms with Crippen molar-refractivity contribution in [1.82, 2.24) is 4.57 Å². The number of benzene rings is 1. The maximum atomic E-state index is 13.6. The highest BCUT2D eigenvalue weighted by atomic mass is 32.1. The van der Waals surface area contributed by atoms with Gasteiger partial charge in [0.15, 0.2) is 16.3 Å². The Labute approximate surface area is 199 Å². The fraction of sp³-hybridized carbons (Fsp3) is 0.292. The summed E-state index contributed by atoms with van der Waals surface area (Å²) in [6.45, 7) is 3.64. The average molecular weight is 485 g/mol. The number of allylic oxidation sites excluding steroid dienone is 1. The number of ether oxygens (including phenoxy) is 4. The second-order valence-corrected chi connectivity index (χ2v) is 8.25. The molecule has 1 aliphatic heterocycles. The molecule has 1 atom stereocenters. The second-order valence-electron chi connectivity index (χ2n) is 7.24. The van der Waals surface area contributed by atoms with Crippen LogP contribution in [0.2, 0.25) is 0 Å². The highest BCUT2D eigenvalue weighted by molar-refractivity contribution is 7.07. The maximum Gasteiger partial charge on any atom is 0.338 e. The molecule has 0 amide bonds. The molecule has 0 radical (unpaired) electrons. The van der Waals surface area contributed by atoms with Crippen LogP contribution in [-0.2, 0) is 9.53 Å². The summed E-state index contributed by atoms with van der Waals surface area (Å²) in [5, 5.41) is 0. The van der Waals surface area contributed by atoms with E-state index < -0.39 is 12.0 Å². The lowest BCUT2D eigenvalue weighted by atomic mass is 10.0. The lowest BCUT2D eigenvalue weighted by molar-refractivity contribution is -0.139. The van der Waals surface area contributed by atoms with E-state index in [0.717, 1.165) is 0 Å². The van der Waals surface area contributed by atoms with Gasteiger partial charge in [-0.2, -0.15) is 0 Å². The Morgan fingerprint density at radius 3 is 2.56 bits per heavy atom. The number of furan rings is 1. The molecular weight excluding hydrogens is 460 g/mol. The second kappa shape index (κ2) is 9.60. The van der Waals surface area contributed by atoms with E-state index in [9.17, 15) is 9.59 Å². The van der Waals surface area contributed by atoms with Crippen molar-refractivity contribution in [3.63, 3.8) is 0 Å². The van der Waals surface area contributed by atoms with Gasteiger partial charge in [-0.25, -0.2) is 9.79 Å². The highest BCUT2D eigenvalue weighted by Crippen LogP contribution is 2.40. The molecule has 34 heavy (non-hydrogen) atoms. The zero-order valence-corrected chi connectivity index (χ0v) is 20.2. The zero-order valence-electron chi connectivity index (χ0n) is 19.4. The summed E-state index contributed by atoms with van der Waals surface area (Å²) >= 11 is 1.20. The molecule has 0 fully saturated rings. The number of thiazole rings is 1. The van der Waals surface area contributed by atoms with Crippen LogP contribution in [0.4, 0.5) is 0 Å². The molecule has 3 heterocycles. The van der Waals surface area contributed by atoms with E-state index in [-0.39, 0.29) is 17.7 Å². The zero-order chi connectivity index (χ0) is 24.4. The summed E-state index contributed by atoms with van der Waals surface area (Å²) in [6, 6.07) is 6.14. The van der Waals surface area contributed by atoms with E-state index in [1.54, 1.807) is 44.2 Å². The summed E-state index contributed by atoms with van der Waals surface area (Å²) < 4.78 is 29.1. The summed E-state index contributed by atoms with van der Waals surface area (Å²) in [5.74, 6) is 1.25. The molecule has 0 saturated carbocycles. The molecule has 0 aliphatic carbocycles. The maximum absolute atomic E-state index is 13.6. The minimum atomic E-state index is -0.792. The van der Waals surface area contributed by atoms with Crippen molar-refractivity contribution >= 4 is 23.4 Å². The van der Waals surface area contributed by atoms with Gasteiger partial charge in [0.25, 0.3) is 5.56 Å². The first-order valence-corrected chi connectivity index (χ1v) is 11.3. The quantitative estimate of drug-likeness (QED) is 0.475. The molecule has 0 bridgehead atoms. The molecule has 1 unspecified atom stereocenters. The molecule has 178 valence electrons. The molecule has 0 saturated heterocycles. The minimum absolute atomic E-state index is 0.198. The van der Waals surface area contributed by atoms with Crippen molar-refractivity contribution in [2.45, 2.75) is 19.9 Å². The van der Waals surface area contributed by atoms with E-state index in [1.807, 2.05) is 0 Å². The van der Waals surface area contributed by atoms with Crippen LogP contribution in [0.3, 0.4) is 0 Å². The van der Waals surface area contributed by atoms with E-state index in [2.05, 4.69) is 4.99 Å². The third-order valence-electron chi connectivity index (χ3n) is 5.35. The van der Waals surface area contributed by atoms with Gasteiger partial charge in [0.2, 0.25) is 5.75 Å². The van der Waals surface area contributed by atoms with Crippen molar-refractivity contribution in [2.24, 2.45) is 4.99 Å². The first-order valence-electron chi connectivity index (χ1n) is 10.5. The average Bonchev–Trinajstić information content (AvgIpc) is 3.46. The third kappa shape index (κ3) is 3.90. The largest absolute Gasteiger partial charge is 0.493 e. The van der Waals surface area contributed by atoms with Crippen LogP contribution >= 0.6 is 11.3 Å². The van der Waals surface area contributed by atoms with Crippen molar-refractivity contribution in [3.8, 4) is 17.2 Å². The van der Waals surface area contributed by atoms with Crippen molar-refractivity contribution in [3.05, 3.63) is 72.8 Å². The molecule has 3 aromatic rings. The highest BCUT2D eigenvalue weighted by Gasteiger charge is 2.35. The number of aromatic nitrogens is 1. The van der Waals surface area contributed by atoms with Gasteiger partial charge in [-0.1, -0.05) is 11.3 Å². The van der Waals surface area contributed by atoms with Crippen LogP contribution in [0, 0.1) is 0 Å². The topological polar surface area (TPSA) is 101 Å². The normalized spacial score (nSPS) is 15.6. The molecule has 0 spiro atoms.